The maximum Gasteiger partial charge on any atom is 0.360 e. The number of amides is 1. The maximum atomic E-state index is 12.4. The van der Waals surface area contributed by atoms with Crippen molar-refractivity contribution in [1.82, 2.24) is 19.1 Å². The number of aryl methyl sites for hydroxylation is 2. The topological polar surface area (TPSA) is 112 Å². The normalized spacial score (nSPS) is 11.5. The summed E-state index contributed by atoms with van der Waals surface area (Å²) in [4.78, 5) is 25.0. The molecule has 0 spiro atoms. The number of ether oxygens (including phenoxy) is 1. The van der Waals surface area contributed by atoms with Crippen LogP contribution in [0.2, 0.25) is 0 Å². The molecule has 2 heterocycles. The summed E-state index contributed by atoms with van der Waals surface area (Å²) in [6, 6.07) is -1.20. The lowest BCUT2D eigenvalue weighted by molar-refractivity contribution is 0.242. The first kappa shape index (κ1) is 18.2. The number of sulfonamides is 1. The van der Waals surface area contributed by atoms with Crippen molar-refractivity contribution < 1.29 is 17.9 Å². The molecule has 0 bridgehead atoms. The maximum absolute atomic E-state index is 12.4. The van der Waals surface area contributed by atoms with Gasteiger partial charge in [0.15, 0.2) is 0 Å². The summed E-state index contributed by atoms with van der Waals surface area (Å²) in [5.41, 5.74) is -0.244. The molecule has 0 unspecified atom stereocenters. The van der Waals surface area contributed by atoms with E-state index in [0.717, 1.165) is 4.57 Å². The largest absolute Gasteiger partial charge is 0.464 e. The molecular formula is C13H18N4O5S2. The summed E-state index contributed by atoms with van der Waals surface area (Å²) in [6.07, 6.45) is 0. The van der Waals surface area contributed by atoms with Crippen LogP contribution in [0.15, 0.2) is 15.1 Å². The van der Waals surface area contributed by atoms with Gasteiger partial charge >= 0.3 is 17.7 Å². The lowest BCUT2D eigenvalue weighted by Crippen LogP contribution is -2.40. The number of nitrogens with zero attached hydrogens (tertiary/aromatic N) is 3. The molecule has 0 saturated carbocycles. The van der Waals surface area contributed by atoms with Crippen molar-refractivity contribution in [1.29, 1.82) is 0 Å². The van der Waals surface area contributed by atoms with Gasteiger partial charge in [-0.1, -0.05) is 0 Å². The zero-order chi connectivity index (χ0) is 18.1. The molecule has 11 heteroatoms. The van der Waals surface area contributed by atoms with Crippen LogP contribution >= 0.6 is 11.3 Å². The zero-order valence-corrected chi connectivity index (χ0v) is 15.3. The van der Waals surface area contributed by atoms with E-state index in [1.165, 1.54) is 11.3 Å². The molecule has 0 saturated heterocycles. The molecule has 24 heavy (non-hydrogen) atoms. The molecule has 0 fully saturated rings. The average molecular weight is 374 g/mol. The lowest BCUT2D eigenvalue weighted by atomic mass is 10.3. The molecule has 0 radical (unpaired) electrons. The highest BCUT2D eigenvalue weighted by Gasteiger charge is 2.27. The van der Waals surface area contributed by atoms with Gasteiger partial charge in [-0.05, 0) is 38.6 Å². The van der Waals surface area contributed by atoms with Gasteiger partial charge in [0.25, 0.3) is 10.0 Å². The highest BCUT2D eigenvalue weighted by molar-refractivity contribution is 7.90. The van der Waals surface area contributed by atoms with Gasteiger partial charge in [-0.3, -0.25) is 0 Å². The molecule has 1 amide bonds. The Balaban J connectivity index is 2.39. The predicted octanol–water partition coefficient (Wildman–Crippen LogP) is 1.09. The predicted molar refractivity (Wildman–Crippen MR) is 88.2 cm³/mol. The highest BCUT2D eigenvalue weighted by Crippen LogP contribution is 2.25. The molecule has 0 aliphatic carbocycles. The first-order chi connectivity index (χ1) is 11.2. The Bertz CT molecular complexity index is 903. The number of carbonyl (C=O) groups is 1. The summed E-state index contributed by atoms with van der Waals surface area (Å²) in [5.74, 6) is 0. The van der Waals surface area contributed by atoms with Gasteiger partial charge in [-0.25, -0.2) is 27.3 Å². The molecule has 2 aromatic rings. The average Bonchev–Trinajstić information content (AvgIpc) is 2.99. The van der Waals surface area contributed by atoms with Crippen LogP contribution in [0.5, 0.6) is 6.01 Å². The van der Waals surface area contributed by atoms with Crippen molar-refractivity contribution >= 4 is 27.4 Å². The van der Waals surface area contributed by atoms with Crippen LogP contribution in [0.1, 0.15) is 24.3 Å². The van der Waals surface area contributed by atoms with Gasteiger partial charge in [-0.2, -0.15) is 0 Å². The monoisotopic (exact) mass is 374 g/mol. The van der Waals surface area contributed by atoms with Gasteiger partial charge in [0.1, 0.15) is 4.90 Å². The third-order valence-corrected chi connectivity index (χ3v) is 5.96. The first-order valence-corrected chi connectivity index (χ1v) is 9.53. The summed E-state index contributed by atoms with van der Waals surface area (Å²) < 4.78 is 33.5. The fraction of sp³-hybridized carbons (Fsp3) is 0.462. The van der Waals surface area contributed by atoms with Crippen LogP contribution in [0.25, 0.3) is 0 Å². The standard InChI is InChI=1S/C13H18N4O5S2/c1-5-16-12(22-6-2)14-17(13(16)19)11(18)15-24(20,21)10-8(3)7-23-9(10)4/h7H,5-6H2,1-4H3,(H,15,18). The second-order valence-corrected chi connectivity index (χ2v) is 7.57. The molecule has 0 atom stereocenters. The summed E-state index contributed by atoms with van der Waals surface area (Å²) in [7, 11) is -4.10. The Kier molecular flexibility index (Phi) is 5.13. The van der Waals surface area contributed by atoms with Gasteiger partial charge in [-0.15, -0.1) is 21.1 Å². The molecule has 132 valence electrons. The number of nitrogens with one attached hydrogen (secondary N) is 1. The van der Waals surface area contributed by atoms with Gasteiger partial charge < -0.3 is 4.74 Å². The van der Waals surface area contributed by atoms with Crippen molar-refractivity contribution in [2.24, 2.45) is 0 Å². The molecule has 0 aliphatic heterocycles. The van der Waals surface area contributed by atoms with Crippen LogP contribution in [-0.2, 0) is 16.6 Å². The Morgan fingerprint density at radius 2 is 2.04 bits per heavy atom. The van der Waals surface area contributed by atoms with Crippen LogP contribution in [0.4, 0.5) is 4.79 Å². The van der Waals surface area contributed by atoms with E-state index >= 15 is 0 Å². The fourth-order valence-electron chi connectivity index (χ4n) is 2.19. The molecule has 0 aliphatic rings. The SMILES string of the molecule is CCOc1nn(C(=O)NS(=O)(=O)c2c(C)csc2C)c(=O)n1CC. The van der Waals surface area contributed by atoms with Crippen molar-refractivity contribution in [3.8, 4) is 6.01 Å². The van der Waals surface area contributed by atoms with E-state index in [-0.39, 0.29) is 24.1 Å². The lowest BCUT2D eigenvalue weighted by Gasteiger charge is -2.06. The number of hydrogen-bond donors (Lipinski definition) is 1. The van der Waals surface area contributed by atoms with Gasteiger partial charge in [0, 0.05) is 11.4 Å². The first-order valence-electron chi connectivity index (χ1n) is 7.17. The van der Waals surface area contributed by atoms with Crippen LogP contribution in [0.3, 0.4) is 0 Å². The van der Waals surface area contributed by atoms with E-state index in [0.29, 0.717) is 15.1 Å². The van der Waals surface area contributed by atoms with Crippen LogP contribution < -0.4 is 15.1 Å². The van der Waals surface area contributed by atoms with Crippen molar-refractivity contribution in [3.05, 3.63) is 26.3 Å². The van der Waals surface area contributed by atoms with Gasteiger partial charge in [0.05, 0.1) is 6.61 Å². The Hall–Kier alpha value is -2.14. The van der Waals surface area contributed by atoms with Crippen LogP contribution in [-0.4, -0.2) is 35.4 Å². The van der Waals surface area contributed by atoms with Crippen molar-refractivity contribution in [2.45, 2.75) is 39.1 Å². The summed E-state index contributed by atoms with van der Waals surface area (Å²) in [6.45, 7) is 7.15. The molecular weight excluding hydrogens is 356 g/mol. The van der Waals surface area contributed by atoms with E-state index in [4.69, 9.17) is 4.74 Å². The molecule has 9 nitrogen and oxygen atoms in total. The highest BCUT2D eigenvalue weighted by atomic mass is 32.2. The minimum atomic E-state index is -4.10. The molecule has 0 aromatic carbocycles. The van der Waals surface area contributed by atoms with E-state index in [9.17, 15) is 18.0 Å². The van der Waals surface area contributed by atoms with Crippen LogP contribution in [0, 0.1) is 13.8 Å². The second kappa shape index (κ2) is 6.77. The quantitative estimate of drug-likeness (QED) is 0.838. The van der Waals surface area contributed by atoms with E-state index in [2.05, 4.69) is 5.10 Å². The zero-order valence-electron chi connectivity index (χ0n) is 13.7. The minimum absolute atomic E-state index is 0.0360. The Labute approximate surface area is 142 Å². The number of carbonyl (C=O) groups excluding carboxylic acids is 1. The molecule has 2 aromatic heterocycles. The molecule has 1 N–H and O–H groups in total. The smallest absolute Gasteiger partial charge is 0.360 e. The van der Waals surface area contributed by atoms with E-state index in [1.54, 1.807) is 33.1 Å². The number of rotatable bonds is 5. The third-order valence-electron chi connectivity index (χ3n) is 3.19. The number of thiophene rings is 1. The fourth-order valence-corrected chi connectivity index (χ4v) is 4.76. The number of hydrogen-bond acceptors (Lipinski definition) is 7. The Morgan fingerprint density at radius 1 is 1.38 bits per heavy atom. The third kappa shape index (κ3) is 3.22. The Morgan fingerprint density at radius 3 is 2.54 bits per heavy atom. The summed E-state index contributed by atoms with van der Waals surface area (Å²) >= 11 is 1.26. The second-order valence-electron chi connectivity index (χ2n) is 4.87. The minimum Gasteiger partial charge on any atom is -0.464 e. The number of aromatic nitrogens is 3. The van der Waals surface area contributed by atoms with E-state index < -0.39 is 21.7 Å². The van der Waals surface area contributed by atoms with Crippen molar-refractivity contribution in [3.63, 3.8) is 0 Å². The van der Waals surface area contributed by atoms with E-state index in [1.807, 2.05) is 4.72 Å². The van der Waals surface area contributed by atoms with Gasteiger partial charge in [0.2, 0.25) is 0 Å². The molecule has 2 rings (SSSR count). The van der Waals surface area contributed by atoms with Crippen molar-refractivity contribution in [2.75, 3.05) is 6.61 Å². The summed E-state index contributed by atoms with van der Waals surface area (Å²) in [5, 5.41) is 5.43.